The molecule has 0 aliphatic carbocycles. The molecule has 2 atom stereocenters. The minimum absolute atomic E-state index is 0.0466. The van der Waals surface area contributed by atoms with Gasteiger partial charge in [0.15, 0.2) is 6.23 Å². The Morgan fingerprint density at radius 2 is 2.07 bits per heavy atom. The molecule has 0 aromatic heterocycles. The summed E-state index contributed by atoms with van der Waals surface area (Å²) in [7, 11) is 0. The van der Waals surface area contributed by atoms with Crippen LogP contribution in [0.4, 0.5) is 0 Å². The second-order valence-electron chi connectivity index (χ2n) is 5.35. The van der Waals surface area contributed by atoms with Crippen LogP contribution < -0.4 is 5.73 Å². The lowest BCUT2D eigenvalue weighted by molar-refractivity contribution is -0.146. The van der Waals surface area contributed by atoms with Crippen molar-refractivity contribution in [3.8, 4) is 0 Å². The summed E-state index contributed by atoms with van der Waals surface area (Å²) in [6.45, 7) is 7.07. The highest BCUT2D eigenvalue weighted by molar-refractivity contribution is 5.80. The monoisotopic (exact) mass is 214 g/mol. The SMILES string of the molecule is CC(C)(C)C1CCCCN1C(=O)C(N)O. The molecular formula is C11H22N2O2. The minimum atomic E-state index is -1.37. The van der Waals surface area contributed by atoms with E-state index >= 15 is 0 Å². The summed E-state index contributed by atoms with van der Waals surface area (Å²) in [6, 6.07) is 0.192. The standard InChI is InChI=1S/C11H22N2O2/c1-11(2,3)8-6-4-5-7-13(8)10(15)9(12)14/h8-9,14H,4-7,12H2,1-3H3. The van der Waals surface area contributed by atoms with Crippen LogP contribution in [0.2, 0.25) is 0 Å². The molecule has 2 unspecified atom stereocenters. The molecule has 1 amide bonds. The lowest BCUT2D eigenvalue weighted by Crippen LogP contribution is -2.54. The van der Waals surface area contributed by atoms with Crippen molar-refractivity contribution in [1.82, 2.24) is 4.90 Å². The molecule has 1 rings (SSSR count). The maximum Gasteiger partial charge on any atom is 0.266 e. The molecule has 0 aromatic rings. The van der Waals surface area contributed by atoms with E-state index in [9.17, 15) is 4.79 Å². The van der Waals surface area contributed by atoms with Crippen molar-refractivity contribution in [1.29, 1.82) is 0 Å². The van der Waals surface area contributed by atoms with Gasteiger partial charge in [-0.2, -0.15) is 0 Å². The van der Waals surface area contributed by atoms with E-state index in [-0.39, 0.29) is 17.4 Å². The van der Waals surface area contributed by atoms with Crippen molar-refractivity contribution in [2.24, 2.45) is 11.1 Å². The Labute approximate surface area is 91.4 Å². The zero-order valence-corrected chi connectivity index (χ0v) is 9.86. The van der Waals surface area contributed by atoms with Gasteiger partial charge < -0.3 is 10.0 Å². The van der Waals surface area contributed by atoms with Crippen molar-refractivity contribution in [3.05, 3.63) is 0 Å². The molecule has 1 aliphatic heterocycles. The highest BCUT2D eigenvalue weighted by Crippen LogP contribution is 2.31. The van der Waals surface area contributed by atoms with Crippen LogP contribution in [0.25, 0.3) is 0 Å². The van der Waals surface area contributed by atoms with E-state index in [1.165, 1.54) is 0 Å². The predicted molar refractivity (Wildman–Crippen MR) is 59.0 cm³/mol. The third-order valence-corrected chi connectivity index (χ3v) is 3.04. The lowest BCUT2D eigenvalue weighted by atomic mass is 9.80. The van der Waals surface area contributed by atoms with E-state index in [0.29, 0.717) is 0 Å². The van der Waals surface area contributed by atoms with Crippen LogP contribution in [0.5, 0.6) is 0 Å². The van der Waals surface area contributed by atoms with Gasteiger partial charge in [-0.05, 0) is 24.7 Å². The first-order chi connectivity index (χ1) is 6.84. The van der Waals surface area contributed by atoms with Crippen LogP contribution in [0.1, 0.15) is 40.0 Å². The van der Waals surface area contributed by atoms with E-state index in [2.05, 4.69) is 20.8 Å². The smallest absolute Gasteiger partial charge is 0.266 e. The van der Waals surface area contributed by atoms with Crippen LogP contribution in [-0.4, -0.2) is 34.7 Å². The molecule has 1 heterocycles. The van der Waals surface area contributed by atoms with Gasteiger partial charge in [0.2, 0.25) is 0 Å². The van der Waals surface area contributed by atoms with E-state index in [0.717, 1.165) is 25.8 Å². The van der Waals surface area contributed by atoms with Crippen LogP contribution in [0.15, 0.2) is 0 Å². The Balaban J connectivity index is 2.79. The van der Waals surface area contributed by atoms with Gasteiger partial charge in [-0.15, -0.1) is 0 Å². The third kappa shape index (κ3) is 2.92. The van der Waals surface area contributed by atoms with E-state index in [1.54, 1.807) is 4.90 Å². The molecule has 0 radical (unpaired) electrons. The van der Waals surface area contributed by atoms with Crippen molar-refractivity contribution in [2.45, 2.75) is 52.3 Å². The van der Waals surface area contributed by atoms with Crippen molar-refractivity contribution in [3.63, 3.8) is 0 Å². The van der Waals surface area contributed by atoms with Gasteiger partial charge in [-0.25, -0.2) is 0 Å². The fourth-order valence-corrected chi connectivity index (χ4v) is 2.27. The highest BCUT2D eigenvalue weighted by atomic mass is 16.3. The van der Waals surface area contributed by atoms with Crippen molar-refractivity contribution < 1.29 is 9.90 Å². The van der Waals surface area contributed by atoms with Crippen LogP contribution in [0, 0.1) is 5.41 Å². The molecular weight excluding hydrogens is 192 g/mol. The predicted octanol–water partition coefficient (Wildman–Crippen LogP) is 0.691. The minimum Gasteiger partial charge on any atom is -0.370 e. The Bertz CT molecular complexity index is 233. The summed E-state index contributed by atoms with van der Waals surface area (Å²) < 4.78 is 0. The zero-order valence-electron chi connectivity index (χ0n) is 9.86. The third-order valence-electron chi connectivity index (χ3n) is 3.04. The van der Waals surface area contributed by atoms with Crippen LogP contribution in [0.3, 0.4) is 0 Å². The first kappa shape index (κ1) is 12.5. The number of rotatable bonds is 1. The number of likely N-dealkylation sites (tertiary alicyclic amines) is 1. The maximum absolute atomic E-state index is 11.7. The average molecular weight is 214 g/mol. The first-order valence-electron chi connectivity index (χ1n) is 5.58. The Hall–Kier alpha value is -0.610. The number of hydrogen-bond donors (Lipinski definition) is 2. The molecule has 4 nitrogen and oxygen atoms in total. The molecule has 15 heavy (non-hydrogen) atoms. The van der Waals surface area contributed by atoms with E-state index in [1.807, 2.05) is 0 Å². The van der Waals surface area contributed by atoms with Crippen LogP contribution in [-0.2, 0) is 4.79 Å². The molecule has 1 fully saturated rings. The highest BCUT2D eigenvalue weighted by Gasteiger charge is 2.36. The number of aliphatic hydroxyl groups excluding tert-OH is 1. The normalized spacial score (nSPS) is 25.1. The maximum atomic E-state index is 11.7. The van der Waals surface area contributed by atoms with Gasteiger partial charge in [0, 0.05) is 12.6 Å². The van der Waals surface area contributed by atoms with Crippen molar-refractivity contribution >= 4 is 5.91 Å². The summed E-state index contributed by atoms with van der Waals surface area (Å²) in [5, 5.41) is 9.14. The number of carbonyl (C=O) groups excluding carboxylic acids is 1. The second kappa shape index (κ2) is 4.49. The summed E-state index contributed by atoms with van der Waals surface area (Å²) in [5.41, 5.74) is 5.28. The topological polar surface area (TPSA) is 66.6 Å². The van der Waals surface area contributed by atoms with E-state index < -0.39 is 6.23 Å². The summed E-state index contributed by atoms with van der Waals surface area (Å²) in [4.78, 5) is 13.5. The summed E-state index contributed by atoms with van der Waals surface area (Å²) in [6.07, 6.45) is 1.78. The van der Waals surface area contributed by atoms with Gasteiger partial charge >= 0.3 is 0 Å². The zero-order chi connectivity index (χ0) is 11.6. The number of nitrogens with two attached hydrogens (primary N) is 1. The number of hydrogen-bond acceptors (Lipinski definition) is 3. The fraction of sp³-hybridized carbons (Fsp3) is 0.909. The molecule has 0 aromatic carbocycles. The molecule has 0 bridgehead atoms. The summed E-state index contributed by atoms with van der Waals surface area (Å²) >= 11 is 0. The molecule has 0 spiro atoms. The van der Waals surface area contributed by atoms with Crippen LogP contribution >= 0.6 is 0 Å². The number of amides is 1. The Morgan fingerprint density at radius 1 is 1.47 bits per heavy atom. The second-order valence-corrected chi connectivity index (χ2v) is 5.35. The number of nitrogens with zero attached hydrogens (tertiary/aromatic N) is 1. The summed E-state index contributed by atoms with van der Waals surface area (Å²) in [5.74, 6) is -0.338. The number of carbonyl (C=O) groups is 1. The molecule has 3 N–H and O–H groups in total. The molecule has 4 heteroatoms. The Morgan fingerprint density at radius 3 is 2.53 bits per heavy atom. The number of piperidine rings is 1. The average Bonchev–Trinajstić information content (AvgIpc) is 2.15. The number of aliphatic hydroxyl groups is 1. The molecule has 1 aliphatic rings. The molecule has 1 saturated heterocycles. The van der Waals surface area contributed by atoms with Crippen molar-refractivity contribution in [2.75, 3.05) is 6.54 Å². The van der Waals surface area contributed by atoms with Gasteiger partial charge in [0.05, 0.1) is 0 Å². The molecule has 0 saturated carbocycles. The van der Waals surface area contributed by atoms with Gasteiger partial charge in [0.25, 0.3) is 5.91 Å². The van der Waals surface area contributed by atoms with Gasteiger partial charge in [-0.1, -0.05) is 20.8 Å². The lowest BCUT2D eigenvalue weighted by Gasteiger charge is -2.43. The van der Waals surface area contributed by atoms with Gasteiger partial charge in [-0.3, -0.25) is 10.5 Å². The fourth-order valence-electron chi connectivity index (χ4n) is 2.27. The molecule has 88 valence electrons. The van der Waals surface area contributed by atoms with Gasteiger partial charge in [0.1, 0.15) is 0 Å². The quantitative estimate of drug-likeness (QED) is 0.631. The largest absolute Gasteiger partial charge is 0.370 e. The Kier molecular flexibility index (Phi) is 3.73. The first-order valence-corrected chi connectivity index (χ1v) is 5.58. The van der Waals surface area contributed by atoms with E-state index in [4.69, 9.17) is 10.8 Å².